The Bertz CT molecular complexity index is 1140. The molecule has 0 saturated carbocycles. The van der Waals surface area contributed by atoms with Crippen molar-refractivity contribution in [1.29, 1.82) is 0 Å². The van der Waals surface area contributed by atoms with Gasteiger partial charge in [0.15, 0.2) is 5.13 Å². The first-order valence-electron chi connectivity index (χ1n) is 10.5. The lowest BCUT2D eigenvalue weighted by molar-refractivity contribution is -0.115. The number of nitrogens with zero attached hydrogens (tertiary/aromatic N) is 4. The van der Waals surface area contributed by atoms with E-state index >= 15 is 0 Å². The van der Waals surface area contributed by atoms with E-state index in [9.17, 15) is 9.59 Å². The fourth-order valence-corrected chi connectivity index (χ4v) is 5.17. The van der Waals surface area contributed by atoms with Gasteiger partial charge in [-0.1, -0.05) is 24.3 Å². The van der Waals surface area contributed by atoms with Crippen LogP contribution in [0.4, 0.5) is 15.7 Å². The zero-order valence-corrected chi connectivity index (χ0v) is 18.1. The van der Waals surface area contributed by atoms with Gasteiger partial charge in [0, 0.05) is 24.0 Å². The van der Waals surface area contributed by atoms with Gasteiger partial charge in [-0.05, 0) is 37.3 Å². The van der Waals surface area contributed by atoms with Gasteiger partial charge in [-0.25, -0.2) is 14.5 Å². The molecule has 1 aromatic carbocycles. The van der Waals surface area contributed by atoms with E-state index in [-0.39, 0.29) is 24.4 Å². The molecule has 31 heavy (non-hydrogen) atoms. The molecule has 0 radical (unpaired) electrons. The smallest absolute Gasteiger partial charge is 0.323 e. The van der Waals surface area contributed by atoms with Crippen molar-refractivity contribution < 1.29 is 9.59 Å². The van der Waals surface area contributed by atoms with Crippen molar-refractivity contribution in [3.63, 3.8) is 0 Å². The van der Waals surface area contributed by atoms with Crippen LogP contribution in [0.5, 0.6) is 0 Å². The van der Waals surface area contributed by atoms with Crippen LogP contribution in [0, 0.1) is 6.92 Å². The highest BCUT2D eigenvalue weighted by molar-refractivity contribution is 7.14. The minimum absolute atomic E-state index is 0.119. The second-order valence-electron chi connectivity index (χ2n) is 7.96. The maximum Gasteiger partial charge on any atom is 0.323 e. The molecule has 1 fully saturated rings. The van der Waals surface area contributed by atoms with E-state index in [1.807, 2.05) is 17.0 Å². The molecule has 2 aromatic heterocycles. The third-order valence-corrected chi connectivity index (χ3v) is 6.75. The Morgan fingerprint density at radius 3 is 3.06 bits per heavy atom. The van der Waals surface area contributed by atoms with Gasteiger partial charge in [-0.15, -0.1) is 11.3 Å². The van der Waals surface area contributed by atoms with Gasteiger partial charge in [0.1, 0.15) is 5.82 Å². The molecule has 9 heteroatoms. The summed E-state index contributed by atoms with van der Waals surface area (Å²) in [6, 6.07) is 8.45. The van der Waals surface area contributed by atoms with Crippen LogP contribution in [0.25, 0.3) is 0 Å². The molecule has 3 aromatic rings. The maximum atomic E-state index is 12.8. The van der Waals surface area contributed by atoms with Gasteiger partial charge in [0.2, 0.25) is 5.91 Å². The summed E-state index contributed by atoms with van der Waals surface area (Å²) in [7, 11) is 0. The predicted molar refractivity (Wildman–Crippen MR) is 120 cm³/mol. The number of fused-ring (bicyclic) bond motifs is 1. The standard InChI is InChI=1S/C22H24N6O2S/c1-14-12-24-28(18-8-4-6-15-5-2-3-7-17(15)18)20(14)26-19(29)11-16-13-31-22(25-16)27-10-9-23-21(27)30/h2-3,5,7,12-13,18H,4,6,8-11H2,1H3,(H,23,30)(H,26,29). The highest BCUT2D eigenvalue weighted by Crippen LogP contribution is 2.35. The molecule has 1 saturated heterocycles. The van der Waals surface area contributed by atoms with Crippen molar-refractivity contribution in [3.8, 4) is 0 Å². The lowest BCUT2D eigenvalue weighted by Crippen LogP contribution is -2.27. The van der Waals surface area contributed by atoms with Crippen LogP contribution >= 0.6 is 11.3 Å². The van der Waals surface area contributed by atoms with Crippen LogP contribution in [-0.2, 0) is 17.6 Å². The molecule has 1 aliphatic carbocycles. The number of hydrogen-bond acceptors (Lipinski definition) is 5. The Morgan fingerprint density at radius 2 is 2.23 bits per heavy atom. The van der Waals surface area contributed by atoms with Crippen LogP contribution in [-0.4, -0.2) is 39.8 Å². The fourth-order valence-electron chi connectivity index (χ4n) is 4.32. The SMILES string of the molecule is Cc1cnn(C2CCCc3ccccc32)c1NC(=O)Cc1csc(N2CCNC2=O)n1. The molecule has 1 unspecified atom stereocenters. The average Bonchev–Trinajstić information content (AvgIpc) is 3.49. The number of nitrogens with one attached hydrogen (secondary N) is 2. The predicted octanol–water partition coefficient (Wildman–Crippen LogP) is 3.28. The molecule has 3 amide bonds. The first-order chi connectivity index (χ1) is 15.1. The van der Waals surface area contributed by atoms with E-state index < -0.39 is 0 Å². The van der Waals surface area contributed by atoms with Crippen molar-refractivity contribution in [1.82, 2.24) is 20.1 Å². The Morgan fingerprint density at radius 1 is 1.35 bits per heavy atom. The molecule has 5 rings (SSSR count). The van der Waals surface area contributed by atoms with E-state index in [0.29, 0.717) is 23.9 Å². The fraction of sp³-hybridized carbons (Fsp3) is 0.364. The van der Waals surface area contributed by atoms with Gasteiger partial charge >= 0.3 is 6.03 Å². The monoisotopic (exact) mass is 436 g/mol. The number of aromatic nitrogens is 3. The number of aryl methyl sites for hydroxylation is 2. The molecule has 2 N–H and O–H groups in total. The first kappa shape index (κ1) is 19.7. The normalized spacial score (nSPS) is 18.0. The van der Waals surface area contributed by atoms with Crippen molar-refractivity contribution in [2.45, 2.75) is 38.6 Å². The second kappa shape index (κ2) is 8.14. The summed E-state index contributed by atoms with van der Waals surface area (Å²) in [5.41, 5.74) is 4.22. The van der Waals surface area contributed by atoms with Crippen LogP contribution in [0.3, 0.4) is 0 Å². The number of hydrogen-bond donors (Lipinski definition) is 2. The van der Waals surface area contributed by atoms with Crippen molar-refractivity contribution in [2.75, 3.05) is 23.3 Å². The Hall–Kier alpha value is -3.20. The molecular weight excluding hydrogens is 412 g/mol. The molecule has 160 valence electrons. The number of benzene rings is 1. The summed E-state index contributed by atoms with van der Waals surface area (Å²) in [6.07, 6.45) is 5.13. The Labute approximate surface area is 184 Å². The summed E-state index contributed by atoms with van der Waals surface area (Å²) in [6.45, 7) is 3.17. The van der Waals surface area contributed by atoms with Crippen molar-refractivity contribution in [2.24, 2.45) is 0 Å². The Balaban J connectivity index is 1.33. The number of anilines is 2. The quantitative estimate of drug-likeness (QED) is 0.642. The number of urea groups is 1. The third-order valence-electron chi connectivity index (χ3n) is 5.84. The number of rotatable bonds is 5. The van der Waals surface area contributed by atoms with Crippen molar-refractivity contribution >= 4 is 34.2 Å². The first-order valence-corrected chi connectivity index (χ1v) is 11.4. The third kappa shape index (κ3) is 3.81. The van der Waals surface area contributed by atoms with E-state index in [4.69, 9.17) is 0 Å². The summed E-state index contributed by atoms with van der Waals surface area (Å²) < 4.78 is 1.95. The molecule has 3 heterocycles. The summed E-state index contributed by atoms with van der Waals surface area (Å²) >= 11 is 1.38. The van der Waals surface area contributed by atoms with Gasteiger partial charge in [0.05, 0.1) is 24.4 Å². The summed E-state index contributed by atoms with van der Waals surface area (Å²) in [4.78, 5) is 30.7. The van der Waals surface area contributed by atoms with Gasteiger partial charge in [0.25, 0.3) is 0 Å². The number of carbonyl (C=O) groups is 2. The van der Waals surface area contributed by atoms with Crippen LogP contribution in [0.15, 0.2) is 35.8 Å². The van der Waals surface area contributed by atoms with Gasteiger partial charge in [-0.2, -0.15) is 5.10 Å². The van der Waals surface area contributed by atoms with E-state index in [1.165, 1.54) is 22.5 Å². The highest BCUT2D eigenvalue weighted by atomic mass is 32.1. The molecule has 1 atom stereocenters. The zero-order chi connectivity index (χ0) is 21.4. The maximum absolute atomic E-state index is 12.8. The van der Waals surface area contributed by atoms with Crippen LogP contribution in [0.2, 0.25) is 0 Å². The highest BCUT2D eigenvalue weighted by Gasteiger charge is 2.26. The summed E-state index contributed by atoms with van der Waals surface area (Å²) in [5.74, 6) is 0.595. The number of amides is 3. The molecule has 2 aliphatic rings. The number of thiazole rings is 1. The van der Waals surface area contributed by atoms with Crippen LogP contribution < -0.4 is 15.5 Å². The second-order valence-corrected chi connectivity index (χ2v) is 8.79. The van der Waals surface area contributed by atoms with E-state index in [1.54, 1.807) is 11.1 Å². The lowest BCUT2D eigenvalue weighted by atomic mass is 9.88. The van der Waals surface area contributed by atoms with E-state index in [2.05, 4.69) is 45.0 Å². The largest absolute Gasteiger partial charge is 0.336 e. The van der Waals surface area contributed by atoms with Gasteiger partial charge < -0.3 is 10.6 Å². The zero-order valence-electron chi connectivity index (χ0n) is 17.3. The number of carbonyl (C=O) groups excluding carboxylic acids is 2. The molecule has 8 nitrogen and oxygen atoms in total. The van der Waals surface area contributed by atoms with Crippen LogP contribution in [0.1, 0.15) is 41.3 Å². The molecule has 1 aliphatic heterocycles. The molecular formula is C22H24N6O2S. The lowest BCUT2D eigenvalue weighted by Gasteiger charge is -2.27. The van der Waals surface area contributed by atoms with Gasteiger partial charge in [-0.3, -0.25) is 9.69 Å². The molecule has 0 spiro atoms. The van der Waals surface area contributed by atoms with Crippen molar-refractivity contribution in [3.05, 3.63) is 58.2 Å². The minimum atomic E-state index is -0.142. The van der Waals surface area contributed by atoms with E-state index in [0.717, 1.165) is 30.6 Å². The minimum Gasteiger partial charge on any atom is -0.336 e. The average molecular weight is 437 g/mol. The molecule has 0 bridgehead atoms. The topological polar surface area (TPSA) is 92.2 Å². The summed E-state index contributed by atoms with van der Waals surface area (Å²) in [5, 5.41) is 12.9. The Kier molecular flexibility index (Phi) is 5.19.